The Hall–Kier alpha value is -3.08. The smallest absolute Gasteiger partial charge is 0.278 e. The van der Waals surface area contributed by atoms with Crippen molar-refractivity contribution < 1.29 is 14.3 Å². The molecule has 0 aromatic heterocycles. The van der Waals surface area contributed by atoms with Crippen LogP contribution in [0, 0.1) is 13.8 Å². The van der Waals surface area contributed by atoms with E-state index in [-0.39, 0.29) is 24.0 Å². The molecule has 1 aliphatic rings. The van der Waals surface area contributed by atoms with Gasteiger partial charge in [0.25, 0.3) is 11.8 Å². The van der Waals surface area contributed by atoms with E-state index in [0.717, 1.165) is 22.6 Å². The standard InChI is InChI=1S/C24H28N2O3/c1-14(2)26-23(27)21(18-7-9-20(10-8-18)29-15(3)4)22(24(26)28)25-19-12-16(5)11-17(6)13-19/h7-15,25H,1-6H3. The maximum Gasteiger partial charge on any atom is 0.278 e. The average molecular weight is 392 g/mol. The zero-order chi connectivity index (χ0) is 21.3. The predicted molar refractivity (Wildman–Crippen MR) is 116 cm³/mol. The lowest BCUT2D eigenvalue weighted by atomic mass is 10.0. The highest BCUT2D eigenvalue weighted by Gasteiger charge is 2.40. The highest BCUT2D eigenvalue weighted by molar-refractivity contribution is 6.36. The van der Waals surface area contributed by atoms with E-state index in [4.69, 9.17) is 4.74 Å². The maximum atomic E-state index is 13.1. The summed E-state index contributed by atoms with van der Waals surface area (Å²) in [5.41, 5.74) is 4.35. The Labute approximate surface area is 172 Å². The molecule has 0 unspecified atom stereocenters. The van der Waals surface area contributed by atoms with Crippen molar-refractivity contribution in [2.75, 3.05) is 5.32 Å². The molecule has 0 atom stereocenters. The van der Waals surface area contributed by atoms with E-state index in [1.165, 1.54) is 4.90 Å². The Morgan fingerprint density at radius 1 is 0.862 bits per heavy atom. The van der Waals surface area contributed by atoms with E-state index in [0.29, 0.717) is 16.8 Å². The van der Waals surface area contributed by atoms with Crippen molar-refractivity contribution in [3.8, 4) is 5.75 Å². The summed E-state index contributed by atoms with van der Waals surface area (Å²) in [7, 11) is 0. The van der Waals surface area contributed by atoms with Crippen molar-refractivity contribution in [3.63, 3.8) is 0 Å². The molecule has 0 spiro atoms. The molecular formula is C24H28N2O3. The number of hydrogen-bond acceptors (Lipinski definition) is 4. The summed E-state index contributed by atoms with van der Waals surface area (Å²) < 4.78 is 5.69. The third-order valence-corrected chi connectivity index (χ3v) is 4.64. The lowest BCUT2D eigenvalue weighted by molar-refractivity contribution is -0.138. The SMILES string of the molecule is Cc1cc(C)cc(NC2=C(c3ccc(OC(C)C)cc3)C(=O)N(C(C)C)C2=O)c1. The number of hydrogen-bond donors (Lipinski definition) is 1. The highest BCUT2D eigenvalue weighted by atomic mass is 16.5. The van der Waals surface area contributed by atoms with Gasteiger partial charge in [-0.1, -0.05) is 18.2 Å². The first-order valence-electron chi connectivity index (χ1n) is 9.92. The highest BCUT2D eigenvalue weighted by Crippen LogP contribution is 2.33. The van der Waals surface area contributed by atoms with Gasteiger partial charge in [-0.25, -0.2) is 0 Å². The Kier molecular flexibility index (Phi) is 5.78. The summed E-state index contributed by atoms with van der Waals surface area (Å²) in [4.78, 5) is 27.5. The van der Waals surface area contributed by atoms with Crippen LogP contribution in [0.25, 0.3) is 5.57 Å². The van der Waals surface area contributed by atoms with Gasteiger partial charge in [-0.05, 0) is 82.5 Å². The summed E-state index contributed by atoms with van der Waals surface area (Å²) in [6.07, 6.45) is 0.0629. The zero-order valence-electron chi connectivity index (χ0n) is 17.9. The minimum Gasteiger partial charge on any atom is -0.491 e. The molecule has 0 bridgehead atoms. The van der Waals surface area contributed by atoms with Crippen LogP contribution in [0.2, 0.25) is 0 Å². The normalized spacial score (nSPS) is 14.4. The molecule has 0 saturated carbocycles. The first kappa shape index (κ1) is 20.6. The fraction of sp³-hybridized carbons (Fsp3) is 0.333. The van der Waals surface area contributed by atoms with E-state index in [9.17, 15) is 9.59 Å². The van der Waals surface area contributed by atoms with Crippen LogP contribution in [0.1, 0.15) is 44.4 Å². The van der Waals surface area contributed by atoms with Gasteiger partial charge in [0, 0.05) is 11.7 Å². The molecule has 2 aromatic rings. The number of ether oxygens (including phenoxy) is 1. The van der Waals surface area contributed by atoms with Gasteiger partial charge in [-0.3, -0.25) is 14.5 Å². The van der Waals surface area contributed by atoms with E-state index in [1.54, 1.807) is 0 Å². The van der Waals surface area contributed by atoms with Gasteiger partial charge >= 0.3 is 0 Å². The van der Waals surface area contributed by atoms with Gasteiger partial charge < -0.3 is 10.1 Å². The van der Waals surface area contributed by atoms with Gasteiger partial charge in [-0.2, -0.15) is 0 Å². The van der Waals surface area contributed by atoms with Crippen molar-refractivity contribution in [2.45, 2.75) is 53.7 Å². The summed E-state index contributed by atoms with van der Waals surface area (Å²) in [6, 6.07) is 13.1. The van der Waals surface area contributed by atoms with Crippen LogP contribution in [0.3, 0.4) is 0 Å². The largest absolute Gasteiger partial charge is 0.491 e. The number of nitrogens with zero attached hydrogens (tertiary/aromatic N) is 1. The van der Waals surface area contributed by atoms with Gasteiger partial charge in [-0.15, -0.1) is 0 Å². The topological polar surface area (TPSA) is 58.6 Å². The second-order valence-electron chi connectivity index (χ2n) is 8.02. The maximum absolute atomic E-state index is 13.1. The number of aryl methyl sites for hydroxylation is 2. The van der Waals surface area contributed by atoms with Crippen LogP contribution < -0.4 is 10.1 Å². The summed E-state index contributed by atoms with van der Waals surface area (Å²) in [5, 5.41) is 3.22. The van der Waals surface area contributed by atoms with Gasteiger partial charge in [0.15, 0.2) is 0 Å². The second kappa shape index (κ2) is 8.11. The lowest BCUT2D eigenvalue weighted by Crippen LogP contribution is -2.38. The van der Waals surface area contributed by atoms with Gasteiger partial charge in [0.1, 0.15) is 11.4 Å². The fourth-order valence-corrected chi connectivity index (χ4v) is 3.56. The van der Waals surface area contributed by atoms with Crippen molar-refractivity contribution in [2.24, 2.45) is 0 Å². The number of carbonyl (C=O) groups excluding carboxylic acids is 2. The molecule has 1 aliphatic heterocycles. The number of imide groups is 1. The van der Waals surface area contributed by atoms with Gasteiger partial charge in [0.2, 0.25) is 0 Å². The van der Waals surface area contributed by atoms with E-state index < -0.39 is 0 Å². The number of anilines is 1. The Balaban J connectivity index is 2.05. The predicted octanol–water partition coefficient (Wildman–Crippen LogP) is 4.69. The monoisotopic (exact) mass is 392 g/mol. The molecule has 0 fully saturated rings. The molecule has 152 valence electrons. The van der Waals surface area contributed by atoms with Crippen molar-refractivity contribution in [1.29, 1.82) is 0 Å². The quantitative estimate of drug-likeness (QED) is 0.725. The molecule has 2 aromatic carbocycles. The van der Waals surface area contributed by atoms with Crippen molar-refractivity contribution in [1.82, 2.24) is 4.90 Å². The van der Waals surface area contributed by atoms with E-state index >= 15 is 0 Å². The van der Waals surface area contributed by atoms with Crippen LogP contribution >= 0.6 is 0 Å². The first-order valence-corrected chi connectivity index (χ1v) is 9.92. The average Bonchev–Trinajstić information content (AvgIpc) is 2.84. The van der Waals surface area contributed by atoms with E-state index in [1.807, 2.05) is 77.9 Å². The second-order valence-corrected chi connectivity index (χ2v) is 8.02. The third-order valence-electron chi connectivity index (χ3n) is 4.64. The summed E-state index contributed by atoms with van der Waals surface area (Å²) in [6.45, 7) is 11.6. The Morgan fingerprint density at radius 2 is 1.45 bits per heavy atom. The van der Waals surface area contributed by atoms with Crippen LogP contribution in [0.5, 0.6) is 5.75 Å². The molecule has 2 amide bonds. The molecule has 0 aliphatic carbocycles. The van der Waals surface area contributed by atoms with Crippen LogP contribution in [0.15, 0.2) is 48.2 Å². The summed E-state index contributed by atoms with van der Waals surface area (Å²) in [5.74, 6) is 0.140. The first-order chi connectivity index (χ1) is 13.7. The molecule has 0 saturated heterocycles. The molecule has 29 heavy (non-hydrogen) atoms. The Morgan fingerprint density at radius 3 is 1.97 bits per heavy atom. The number of rotatable bonds is 6. The fourth-order valence-electron chi connectivity index (χ4n) is 3.56. The van der Waals surface area contributed by atoms with E-state index in [2.05, 4.69) is 11.4 Å². The lowest BCUT2D eigenvalue weighted by Gasteiger charge is -2.19. The van der Waals surface area contributed by atoms with Gasteiger partial charge in [0.05, 0.1) is 11.7 Å². The minimum atomic E-state index is -0.304. The molecule has 5 nitrogen and oxygen atoms in total. The van der Waals surface area contributed by atoms with Crippen molar-refractivity contribution in [3.05, 3.63) is 64.9 Å². The molecule has 1 heterocycles. The molecule has 5 heteroatoms. The number of benzene rings is 2. The number of nitrogens with one attached hydrogen (secondary N) is 1. The van der Waals surface area contributed by atoms with Crippen molar-refractivity contribution >= 4 is 23.1 Å². The molecule has 3 rings (SSSR count). The van der Waals surface area contributed by atoms with Crippen LogP contribution in [0.4, 0.5) is 5.69 Å². The molecule has 1 N–H and O–H groups in total. The zero-order valence-corrected chi connectivity index (χ0v) is 17.9. The third kappa shape index (κ3) is 4.34. The number of amides is 2. The minimum absolute atomic E-state index is 0.0629. The number of carbonyl (C=O) groups is 2. The summed E-state index contributed by atoms with van der Waals surface area (Å²) >= 11 is 0. The molecule has 0 radical (unpaired) electrons. The van der Waals surface area contributed by atoms with Crippen LogP contribution in [-0.4, -0.2) is 28.9 Å². The molecular weight excluding hydrogens is 364 g/mol. The Bertz CT molecular complexity index is 952. The van der Waals surface area contributed by atoms with Crippen LogP contribution in [-0.2, 0) is 9.59 Å².